The van der Waals surface area contributed by atoms with E-state index in [2.05, 4.69) is 78.2 Å². The zero-order valence-corrected chi connectivity index (χ0v) is 15.2. The molecule has 0 aliphatic carbocycles. The van der Waals surface area contributed by atoms with Crippen LogP contribution in [0.3, 0.4) is 0 Å². The lowest BCUT2D eigenvalue weighted by molar-refractivity contribution is 0.526. The molecule has 1 aromatic carbocycles. The first-order valence-corrected chi connectivity index (χ1v) is 8.73. The molecule has 114 valence electrons. The van der Waals surface area contributed by atoms with Gasteiger partial charge in [-0.15, -0.1) is 0 Å². The minimum absolute atomic E-state index is 0.353. The zero-order valence-electron chi connectivity index (χ0n) is 13.1. The first-order chi connectivity index (χ1) is 10.2. The van der Waals surface area contributed by atoms with E-state index in [-0.39, 0.29) is 0 Å². The van der Waals surface area contributed by atoms with Gasteiger partial charge in [0.05, 0.1) is 6.20 Å². The average molecular weight is 397 g/mol. The Hall–Kier alpha value is -0.880. The summed E-state index contributed by atoms with van der Waals surface area (Å²) in [6.07, 6.45) is 6.28. The Bertz CT molecular complexity index is 577. The van der Waals surface area contributed by atoms with Crippen molar-refractivity contribution in [1.29, 1.82) is 0 Å². The molecule has 0 saturated heterocycles. The quantitative estimate of drug-likeness (QED) is 0.713. The Balaban J connectivity index is 2.23. The molecule has 1 atom stereocenters. The van der Waals surface area contributed by atoms with Crippen molar-refractivity contribution in [1.82, 2.24) is 15.1 Å². The van der Waals surface area contributed by atoms with Gasteiger partial charge in [0.1, 0.15) is 0 Å². The Labute approximate surface area is 141 Å². The van der Waals surface area contributed by atoms with Crippen LogP contribution in [-0.4, -0.2) is 16.3 Å². The van der Waals surface area contributed by atoms with E-state index in [1.807, 2.05) is 10.9 Å². The molecule has 2 aromatic rings. The molecule has 3 nitrogen and oxygen atoms in total. The van der Waals surface area contributed by atoms with Gasteiger partial charge in [-0.3, -0.25) is 4.68 Å². The number of aromatic nitrogens is 2. The molecule has 0 amide bonds. The van der Waals surface area contributed by atoms with E-state index in [4.69, 9.17) is 0 Å². The molecular formula is C17H24IN3. The second kappa shape index (κ2) is 7.94. The summed E-state index contributed by atoms with van der Waals surface area (Å²) in [5.74, 6) is 0. The van der Waals surface area contributed by atoms with Gasteiger partial charge in [-0.05, 0) is 72.5 Å². The normalized spacial score (nSPS) is 12.6. The summed E-state index contributed by atoms with van der Waals surface area (Å²) in [6.45, 7) is 8.47. The highest BCUT2D eigenvalue weighted by atomic mass is 127. The summed E-state index contributed by atoms with van der Waals surface area (Å²) in [5.41, 5.74) is 4.04. The largest absolute Gasteiger partial charge is 0.310 e. The van der Waals surface area contributed by atoms with Crippen LogP contribution in [0.15, 0.2) is 30.6 Å². The second-order valence-electron chi connectivity index (χ2n) is 5.39. The van der Waals surface area contributed by atoms with Gasteiger partial charge in [0.25, 0.3) is 0 Å². The number of nitrogens with zero attached hydrogens (tertiary/aromatic N) is 2. The van der Waals surface area contributed by atoms with E-state index in [0.29, 0.717) is 6.04 Å². The minimum Gasteiger partial charge on any atom is -0.310 e. The van der Waals surface area contributed by atoms with E-state index in [9.17, 15) is 0 Å². The van der Waals surface area contributed by atoms with Crippen LogP contribution in [0.25, 0.3) is 0 Å². The Morgan fingerprint density at radius 1 is 1.33 bits per heavy atom. The first-order valence-electron chi connectivity index (χ1n) is 7.65. The predicted molar refractivity (Wildman–Crippen MR) is 96.5 cm³/mol. The molecule has 0 radical (unpaired) electrons. The minimum atomic E-state index is 0.353. The van der Waals surface area contributed by atoms with Gasteiger partial charge in [0, 0.05) is 22.4 Å². The highest BCUT2D eigenvalue weighted by molar-refractivity contribution is 14.1. The highest BCUT2D eigenvalue weighted by Crippen LogP contribution is 2.25. The molecule has 1 aromatic heterocycles. The molecule has 0 bridgehead atoms. The van der Waals surface area contributed by atoms with Crippen LogP contribution in [0, 0.1) is 10.5 Å². The van der Waals surface area contributed by atoms with Crippen LogP contribution in [0.5, 0.6) is 0 Å². The maximum atomic E-state index is 4.39. The molecule has 1 N–H and O–H groups in total. The molecular weight excluding hydrogens is 373 g/mol. The predicted octanol–water partition coefficient (Wildman–Crippen LogP) is 4.10. The SMILES string of the molecule is CCCNC(Cc1cnn(CC)c1)c1cccc(C)c1I. The lowest BCUT2D eigenvalue weighted by Gasteiger charge is -2.20. The maximum absolute atomic E-state index is 4.39. The molecule has 1 heterocycles. The fourth-order valence-corrected chi connectivity index (χ4v) is 3.21. The third-order valence-corrected chi connectivity index (χ3v) is 5.16. The van der Waals surface area contributed by atoms with Crippen LogP contribution in [-0.2, 0) is 13.0 Å². The van der Waals surface area contributed by atoms with E-state index in [0.717, 1.165) is 25.9 Å². The van der Waals surface area contributed by atoms with Crippen molar-refractivity contribution in [3.63, 3.8) is 0 Å². The van der Waals surface area contributed by atoms with Crippen LogP contribution in [0.4, 0.5) is 0 Å². The highest BCUT2D eigenvalue weighted by Gasteiger charge is 2.16. The number of hydrogen-bond donors (Lipinski definition) is 1. The summed E-state index contributed by atoms with van der Waals surface area (Å²) in [4.78, 5) is 0. The van der Waals surface area contributed by atoms with Crippen LogP contribution in [0.1, 0.15) is 43.0 Å². The lowest BCUT2D eigenvalue weighted by atomic mass is 9.99. The molecule has 21 heavy (non-hydrogen) atoms. The summed E-state index contributed by atoms with van der Waals surface area (Å²) in [7, 11) is 0. The number of aryl methyl sites for hydroxylation is 2. The van der Waals surface area contributed by atoms with Crippen molar-refractivity contribution in [2.45, 2.75) is 46.2 Å². The number of benzene rings is 1. The second-order valence-corrected chi connectivity index (χ2v) is 6.47. The van der Waals surface area contributed by atoms with Gasteiger partial charge < -0.3 is 5.32 Å². The first kappa shape index (κ1) is 16.5. The van der Waals surface area contributed by atoms with Crippen molar-refractivity contribution < 1.29 is 0 Å². The summed E-state index contributed by atoms with van der Waals surface area (Å²) in [6, 6.07) is 6.93. The van der Waals surface area contributed by atoms with Gasteiger partial charge in [-0.2, -0.15) is 5.10 Å². The Morgan fingerprint density at radius 3 is 2.81 bits per heavy atom. The Morgan fingerprint density at radius 2 is 2.14 bits per heavy atom. The number of rotatable bonds is 7. The fourth-order valence-electron chi connectivity index (χ4n) is 2.47. The molecule has 0 fully saturated rings. The van der Waals surface area contributed by atoms with Crippen molar-refractivity contribution in [3.8, 4) is 0 Å². The molecule has 0 aliphatic heterocycles. The number of hydrogen-bond acceptors (Lipinski definition) is 2. The smallest absolute Gasteiger partial charge is 0.0522 e. The van der Waals surface area contributed by atoms with Crippen molar-refractivity contribution in [2.24, 2.45) is 0 Å². The molecule has 2 rings (SSSR count). The summed E-state index contributed by atoms with van der Waals surface area (Å²) >= 11 is 2.47. The molecule has 0 spiro atoms. The standard InChI is InChI=1S/C17H24IN3/c1-4-9-19-16(10-14-11-20-21(5-2)12-14)15-8-6-7-13(3)17(15)18/h6-8,11-12,16,19H,4-5,9-10H2,1-3H3. The van der Waals surface area contributed by atoms with Crippen LogP contribution >= 0.6 is 22.6 Å². The van der Waals surface area contributed by atoms with Gasteiger partial charge >= 0.3 is 0 Å². The van der Waals surface area contributed by atoms with E-state index < -0.39 is 0 Å². The number of halogens is 1. The zero-order chi connectivity index (χ0) is 15.2. The average Bonchev–Trinajstić information content (AvgIpc) is 2.94. The molecule has 1 unspecified atom stereocenters. The lowest BCUT2D eigenvalue weighted by Crippen LogP contribution is -2.25. The Kier molecular flexibility index (Phi) is 6.23. The van der Waals surface area contributed by atoms with Crippen molar-refractivity contribution >= 4 is 22.6 Å². The number of nitrogens with one attached hydrogen (secondary N) is 1. The summed E-state index contributed by atoms with van der Waals surface area (Å²) < 4.78 is 3.36. The van der Waals surface area contributed by atoms with Gasteiger partial charge in [-0.1, -0.05) is 25.1 Å². The third kappa shape index (κ3) is 4.30. The van der Waals surface area contributed by atoms with Crippen LogP contribution < -0.4 is 5.32 Å². The topological polar surface area (TPSA) is 29.9 Å². The van der Waals surface area contributed by atoms with Crippen molar-refractivity contribution in [2.75, 3.05) is 6.54 Å². The molecule has 0 aliphatic rings. The van der Waals surface area contributed by atoms with Crippen molar-refractivity contribution in [3.05, 3.63) is 50.9 Å². The molecule has 0 saturated carbocycles. The summed E-state index contributed by atoms with van der Waals surface area (Å²) in [5, 5.41) is 8.08. The van der Waals surface area contributed by atoms with Gasteiger partial charge in [0.15, 0.2) is 0 Å². The van der Waals surface area contributed by atoms with E-state index in [1.165, 1.54) is 20.3 Å². The third-order valence-electron chi connectivity index (χ3n) is 3.69. The fraction of sp³-hybridized carbons (Fsp3) is 0.471. The molecule has 4 heteroatoms. The van der Waals surface area contributed by atoms with Crippen LogP contribution in [0.2, 0.25) is 0 Å². The van der Waals surface area contributed by atoms with Gasteiger partial charge in [-0.25, -0.2) is 0 Å². The van der Waals surface area contributed by atoms with Gasteiger partial charge in [0.2, 0.25) is 0 Å². The van der Waals surface area contributed by atoms with E-state index >= 15 is 0 Å². The monoisotopic (exact) mass is 397 g/mol. The van der Waals surface area contributed by atoms with E-state index in [1.54, 1.807) is 0 Å². The maximum Gasteiger partial charge on any atom is 0.0522 e.